The van der Waals surface area contributed by atoms with Crippen molar-refractivity contribution in [2.75, 3.05) is 0 Å². The standard InChI is InChI=1S/C21H16F3N/c22-21(23,24)19-13-7-8-16(14-19)15-25-20(17-9-3-1-4-10-17)18-11-5-2-6-12-18/h1-14H,15H2. The molecular weight excluding hydrogens is 323 g/mol. The summed E-state index contributed by atoms with van der Waals surface area (Å²) in [6.45, 7) is 0.184. The van der Waals surface area contributed by atoms with Crippen molar-refractivity contribution in [3.8, 4) is 0 Å². The molecule has 0 aliphatic carbocycles. The highest BCUT2D eigenvalue weighted by molar-refractivity contribution is 6.12. The first-order chi connectivity index (χ1) is 12.0. The molecule has 0 radical (unpaired) electrons. The van der Waals surface area contributed by atoms with Crippen LogP contribution < -0.4 is 0 Å². The maximum absolute atomic E-state index is 12.9. The van der Waals surface area contributed by atoms with Crippen LogP contribution in [0.2, 0.25) is 0 Å². The third kappa shape index (κ3) is 4.35. The van der Waals surface area contributed by atoms with E-state index in [2.05, 4.69) is 4.99 Å². The Kier molecular flexibility index (Phi) is 4.98. The Morgan fingerprint density at radius 2 is 1.28 bits per heavy atom. The number of halogens is 3. The molecule has 0 saturated heterocycles. The highest BCUT2D eigenvalue weighted by Crippen LogP contribution is 2.29. The highest BCUT2D eigenvalue weighted by atomic mass is 19.4. The second-order valence-electron chi connectivity index (χ2n) is 5.60. The fourth-order valence-corrected chi connectivity index (χ4v) is 2.56. The van der Waals surface area contributed by atoms with E-state index in [1.54, 1.807) is 6.07 Å². The quantitative estimate of drug-likeness (QED) is 0.537. The number of hydrogen-bond acceptors (Lipinski definition) is 1. The molecule has 1 nitrogen and oxygen atoms in total. The minimum Gasteiger partial charge on any atom is -0.279 e. The van der Waals surface area contributed by atoms with Crippen LogP contribution in [0.15, 0.2) is 89.9 Å². The van der Waals surface area contributed by atoms with Gasteiger partial charge in [-0.25, -0.2) is 0 Å². The van der Waals surface area contributed by atoms with Crippen LogP contribution in [0, 0.1) is 0 Å². The van der Waals surface area contributed by atoms with Gasteiger partial charge < -0.3 is 0 Å². The number of aliphatic imine (C=N–C) groups is 1. The normalized spacial score (nSPS) is 11.2. The molecule has 0 aromatic heterocycles. The molecule has 0 bridgehead atoms. The van der Waals surface area contributed by atoms with Crippen LogP contribution in [0.3, 0.4) is 0 Å². The van der Waals surface area contributed by atoms with Gasteiger partial charge in [-0.3, -0.25) is 4.99 Å². The van der Waals surface area contributed by atoms with Crippen LogP contribution >= 0.6 is 0 Å². The van der Waals surface area contributed by atoms with Gasteiger partial charge in [-0.2, -0.15) is 13.2 Å². The summed E-state index contributed by atoms with van der Waals surface area (Å²) in [5.74, 6) is 0. The Hall–Kier alpha value is -2.88. The molecule has 0 fully saturated rings. The first kappa shape index (κ1) is 17.0. The molecule has 4 heteroatoms. The van der Waals surface area contributed by atoms with Gasteiger partial charge in [0.05, 0.1) is 17.8 Å². The summed E-state index contributed by atoms with van der Waals surface area (Å²) < 4.78 is 38.6. The van der Waals surface area contributed by atoms with E-state index < -0.39 is 11.7 Å². The summed E-state index contributed by atoms with van der Waals surface area (Å²) >= 11 is 0. The zero-order chi connectivity index (χ0) is 17.7. The number of rotatable bonds is 4. The summed E-state index contributed by atoms with van der Waals surface area (Å²) in [5, 5.41) is 0. The Labute approximate surface area is 144 Å². The van der Waals surface area contributed by atoms with Gasteiger partial charge in [-0.15, -0.1) is 0 Å². The lowest BCUT2D eigenvalue weighted by Crippen LogP contribution is -2.06. The van der Waals surface area contributed by atoms with Crippen molar-refractivity contribution >= 4 is 5.71 Å². The Morgan fingerprint density at radius 1 is 0.720 bits per heavy atom. The summed E-state index contributed by atoms with van der Waals surface area (Å²) in [5.41, 5.74) is 2.50. The molecule has 25 heavy (non-hydrogen) atoms. The van der Waals surface area contributed by atoms with Crippen molar-refractivity contribution in [2.45, 2.75) is 12.7 Å². The van der Waals surface area contributed by atoms with Crippen LogP contribution in [-0.2, 0) is 12.7 Å². The molecule has 3 aromatic carbocycles. The lowest BCUT2D eigenvalue weighted by Gasteiger charge is -2.10. The summed E-state index contributed by atoms with van der Waals surface area (Å²) in [7, 11) is 0. The third-order valence-electron chi connectivity index (χ3n) is 3.77. The molecule has 0 heterocycles. The lowest BCUT2D eigenvalue weighted by atomic mass is 10.0. The average molecular weight is 339 g/mol. The second-order valence-corrected chi connectivity index (χ2v) is 5.60. The fraction of sp³-hybridized carbons (Fsp3) is 0.0952. The Balaban J connectivity index is 1.95. The monoisotopic (exact) mass is 339 g/mol. The summed E-state index contributed by atoms with van der Waals surface area (Å²) in [6, 6.07) is 24.6. The fourth-order valence-electron chi connectivity index (χ4n) is 2.56. The molecule has 0 atom stereocenters. The zero-order valence-corrected chi connectivity index (χ0v) is 13.4. The molecule has 126 valence electrons. The number of benzene rings is 3. The Morgan fingerprint density at radius 3 is 1.80 bits per heavy atom. The van der Waals surface area contributed by atoms with E-state index >= 15 is 0 Å². The van der Waals surface area contributed by atoms with Crippen LogP contribution in [-0.4, -0.2) is 5.71 Å². The van der Waals surface area contributed by atoms with Crippen LogP contribution in [0.1, 0.15) is 22.3 Å². The van der Waals surface area contributed by atoms with Crippen molar-refractivity contribution < 1.29 is 13.2 Å². The minimum absolute atomic E-state index is 0.184. The molecule has 3 rings (SSSR count). The number of hydrogen-bond donors (Lipinski definition) is 0. The van der Waals surface area contributed by atoms with Gasteiger partial charge in [-0.1, -0.05) is 72.8 Å². The number of alkyl halides is 3. The average Bonchev–Trinajstić information content (AvgIpc) is 2.63. The largest absolute Gasteiger partial charge is 0.416 e. The maximum atomic E-state index is 12.9. The van der Waals surface area contributed by atoms with Crippen LogP contribution in [0.4, 0.5) is 13.2 Å². The van der Waals surface area contributed by atoms with E-state index in [0.717, 1.165) is 29.0 Å². The van der Waals surface area contributed by atoms with Crippen molar-refractivity contribution in [3.63, 3.8) is 0 Å². The predicted octanol–water partition coefficient (Wildman–Crippen LogP) is 5.74. The van der Waals surface area contributed by atoms with E-state index in [9.17, 15) is 13.2 Å². The van der Waals surface area contributed by atoms with Crippen LogP contribution in [0.5, 0.6) is 0 Å². The van der Waals surface area contributed by atoms with E-state index in [0.29, 0.717) is 5.56 Å². The van der Waals surface area contributed by atoms with Gasteiger partial charge in [-0.05, 0) is 17.7 Å². The van der Waals surface area contributed by atoms with Crippen molar-refractivity contribution in [1.82, 2.24) is 0 Å². The molecule has 0 saturated carbocycles. The highest BCUT2D eigenvalue weighted by Gasteiger charge is 2.30. The lowest BCUT2D eigenvalue weighted by molar-refractivity contribution is -0.137. The number of nitrogens with zero attached hydrogens (tertiary/aromatic N) is 1. The Bertz CT molecular complexity index is 812. The molecule has 0 amide bonds. The van der Waals surface area contributed by atoms with Gasteiger partial charge in [0.2, 0.25) is 0 Å². The topological polar surface area (TPSA) is 12.4 Å². The molecule has 0 N–H and O–H groups in total. The SMILES string of the molecule is FC(F)(F)c1cccc(CN=C(c2ccccc2)c2ccccc2)c1. The summed E-state index contributed by atoms with van der Waals surface area (Å²) in [4.78, 5) is 4.61. The van der Waals surface area contributed by atoms with Gasteiger partial charge in [0, 0.05) is 11.1 Å². The smallest absolute Gasteiger partial charge is 0.279 e. The van der Waals surface area contributed by atoms with E-state index in [4.69, 9.17) is 0 Å². The molecule has 0 unspecified atom stereocenters. The summed E-state index contributed by atoms with van der Waals surface area (Å²) in [6.07, 6.45) is -4.35. The van der Waals surface area contributed by atoms with E-state index in [1.807, 2.05) is 60.7 Å². The zero-order valence-electron chi connectivity index (χ0n) is 13.4. The van der Waals surface area contributed by atoms with Crippen molar-refractivity contribution in [3.05, 3.63) is 107 Å². The predicted molar refractivity (Wildman–Crippen MR) is 93.7 cm³/mol. The molecule has 0 aliphatic heterocycles. The molecule has 3 aromatic rings. The van der Waals surface area contributed by atoms with E-state index in [1.165, 1.54) is 6.07 Å². The van der Waals surface area contributed by atoms with Gasteiger partial charge in [0.15, 0.2) is 0 Å². The first-order valence-electron chi connectivity index (χ1n) is 7.85. The molecule has 0 aliphatic rings. The maximum Gasteiger partial charge on any atom is 0.416 e. The van der Waals surface area contributed by atoms with Gasteiger partial charge in [0.25, 0.3) is 0 Å². The minimum atomic E-state index is -4.35. The van der Waals surface area contributed by atoms with Gasteiger partial charge in [0.1, 0.15) is 0 Å². The van der Waals surface area contributed by atoms with Crippen molar-refractivity contribution in [1.29, 1.82) is 0 Å². The second kappa shape index (κ2) is 7.34. The van der Waals surface area contributed by atoms with Gasteiger partial charge >= 0.3 is 6.18 Å². The van der Waals surface area contributed by atoms with Crippen molar-refractivity contribution in [2.24, 2.45) is 4.99 Å². The first-order valence-corrected chi connectivity index (χ1v) is 7.85. The van der Waals surface area contributed by atoms with E-state index in [-0.39, 0.29) is 6.54 Å². The van der Waals surface area contributed by atoms with Crippen LogP contribution in [0.25, 0.3) is 0 Å². The molecule has 0 spiro atoms. The third-order valence-corrected chi connectivity index (χ3v) is 3.77. The molecular formula is C21H16F3N.